The smallest absolute Gasteiger partial charge is 0.410 e. The average Bonchev–Trinajstić information content (AvgIpc) is 2.46. The van der Waals surface area contributed by atoms with E-state index in [0.29, 0.717) is 36.6 Å². The van der Waals surface area contributed by atoms with Gasteiger partial charge in [-0.2, -0.15) is 0 Å². The van der Waals surface area contributed by atoms with Gasteiger partial charge in [0.15, 0.2) is 5.78 Å². The number of piperidine rings is 1. The SMILES string of the molecule is CC(C)(C)OC(=O)N1CCC(C(=O)c2ccc(Cl)nc2)CC1. The number of amides is 1. The molecule has 1 amide bonds. The number of halogens is 1. The first-order valence-electron chi connectivity index (χ1n) is 7.40. The Morgan fingerprint density at radius 2 is 1.91 bits per heavy atom. The van der Waals surface area contributed by atoms with Gasteiger partial charge in [-0.25, -0.2) is 9.78 Å². The minimum Gasteiger partial charge on any atom is -0.444 e. The second-order valence-corrected chi connectivity index (χ2v) is 6.86. The molecule has 120 valence electrons. The lowest BCUT2D eigenvalue weighted by Crippen LogP contribution is -2.43. The lowest BCUT2D eigenvalue weighted by atomic mass is 9.89. The van der Waals surface area contributed by atoms with E-state index in [1.165, 1.54) is 6.20 Å². The molecule has 1 aromatic rings. The second kappa shape index (κ2) is 6.65. The van der Waals surface area contributed by atoms with Gasteiger partial charge in [0, 0.05) is 30.8 Å². The van der Waals surface area contributed by atoms with E-state index in [2.05, 4.69) is 4.98 Å². The topological polar surface area (TPSA) is 59.5 Å². The number of aromatic nitrogens is 1. The van der Waals surface area contributed by atoms with Gasteiger partial charge in [-0.3, -0.25) is 4.79 Å². The third kappa shape index (κ3) is 4.44. The molecule has 2 rings (SSSR count). The van der Waals surface area contributed by atoms with Crippen molar-refractivity contribution in [2.75, 3.05) is 13.1 Å². The molecule has 0 unspecified atom stereocenters. The van der Waals surface area contributed by atoms with Crippen molar-refractivity contribution in [2.45, 2.75) is 39.2 Å². The zero-order valence-electron chi connectivity index (χ0n) is 13.1. The number of ether oxygens (including phenoxy) is 1. The number of hydrogen-bond donors (Lipinski definition) is 0. The molecule has 5 nitrogen and oxygen atoms in total. The van der Waals surface area contributed by atoms with Crippen molar-refractivity contribution < 1.29 is 14.3 Å². The molecule has 6 heteroatoms. The van der Waals surface area contributed by atoms with Gasteiger partial charge in [0.25, 0.3) is 0 Å². The van der Waals surface area contributed by atoms with Crippen LogP contribution in [0.2, 0.25) is 5.15 Å². The van der Waals surface area contributed by atoms with Crippen molar-refractivity contribution in [3.63, 3.8) is 0 Å². The predicted octanol–water partition coefficient (Wildman–Crippen LogP) is 3.56. The average molecular weight is 325 g/mol. The van der Waals surface area contributed by atoms with E-state index in [1.807, 2.05) is 20.8 Å². The third-order valence-electron chi connectivity index (χ3n) is 3.53. The fourth-order valence-corrected chi connectivity index (χ4v) is 2.52. The van der Waals surface area contributed by atoms with Crippen molar-refractivity contribution in [2.24, 2.45) is 5.92 Å². The molecule has 0 aromatic carbocycles. The Labute approximate surface area is 135 Å². The number of hydrogen-bond acceptors (Lipinski definition) is 4. The molecular formula is C16H21ClN2O3. The Hall–Kier alpha value is -1.62. The van der Waals surface area contributed by atoms with Gasteiger partial charge >= 0.3 is 6.09 Å². The molecule has 1 saturated heterocycles. The molecule has 0 spiro atoms. The monoisotopic (exact) mass is 324 g/mol. The van der Waals surface area contributed by atoms with Crippen molar-refractivity contribution in [3.05, 3.63) is 29.0 Å². The molecule has 1 aliphatic heterocycles. The number of carbonyl (C=O) groups excluding carboxylic acids is 2. The molecule has 0 bridgehead atoms. The molecule has 0 aliphatic carbocycles. The Morgan fingerprint density at radius 3 is 2.41 bits per heavy atom. The minimum atomic E-state index is -0.501. The summed E-state index contributed by atoms with van der Waals surface area (Å²) in [5.74, 6) is -0.0188. The maximum absolute atomic E-state index is 12.4. The van der Waals surface area contributed by atoms with Gasteiger partial charge < -0.3 is 9.64 Å². The minimum absolute atomic E-state index is 0.0630. The van der Waals surface area contributed by atoms with Crippen LogP contribution < -0.4 is 0 Å². The van der Waals surface area contributed by atoms with Crippen LogP contribution in [-0.4, -0.2) is 40.5 Å². The summed E-state index contributed by atoms with van der Waals surface area (Å²) in [5, 5.41) is 0.372. The second-order valence-electron chi connectivity index (χ2n) is 6.48. The summed E-state index contributed by atoms with van der Waals surface area (Å²) in [6.45, 7) is 6.59. The maximum Gasteiger partial charge on any atom is 0.410 e. The normalized spacial score (nSPS) is 16.5. The highest BCUT2D eigenvalue weighted by Gasteiger charge is 2.30. The number of rotatable bonds is 2. The molecule has 1 fully saturated rings. The molecule has 1 aromatic heterocycles. The van der Waals surface area contributed by atoms with E-state index in [9.17, 15) is 9.59 Å². The van der Waals surface area contributed by atoms with Gasteiger partial charge in [0.05, 0.1) is 0 Å². The zero-order valence-corrected chi connectivity index (χ0v) is 13.9. The van der Waals surface area contributed by atoms with E-state index in [0.717, 1.165) is 0 Å². The predicted molar refractivity (Wildman–Crippen MR) is 84.1 cm³/mol. The van der Waals surface area contributed by atoms with Crippen molar-refractivity contribution in [1.82, 2.24) is 9.88 Å². The van der Waals surface area contributed by atoms with Crippen LogP contribution >= 0.6 is 11.6 Å². The summed E-state index contributed by atoms with van der Waals surface area (Å²) >= 11 is 5.73. The van der Waals surface area contributed by atoms with Crippen LogP contribution in [0.4, 0.5) is 4.79 Å². The van der Waals surface area contributed by atoms with Gasteiger partial charge in [0.2, 0.25) is 0 Å². The molecule has 0 N–H and O–H groups in total. The Morgan fingerprint density at radius 1 is 1.27 bits per heavy atom. The van der Waals surface area contributed by atoms with Gasteiger partial charge in [-0.05, 0) is 45.7 Å². The molecule has 22 heavy (non-hydrogen) atoms. The number of carbonyl (C=O) groups is 2. The summed E-state index contributed by atoms with van der Waals surface area (Å²) in [5.41, 5.74) is 0.0683. The summed E-state index contributed by atoms with van der Waals surface area (Å²) in [4.78, 5) is 30.0. The number of likely N-dealkylation sites (tertiary alicyclic amines) is 1. The van der Waals surface area contributed by atoms with Gasteiger partial charge in [-0.15, -0.1) is 0 Å². The van der Waals surface area contributed by atoms with Crippen molar-refractivity contribution >= 4 is 23.5 Å². The van der Waals surface area contributed by atoms with Crippen LogP contribution in [0.25, 0.3) is 0 Å². The molecule has 0 atom stereocenters. The first-order valence-corrected chi connectivity index (χ1v) is 7.78. The van der Waals surface area contributed by atoms with Crippen LogP contribution in [0.5, 0.6) is 0 Å². The Bertz CT molecular complexity index is 544. The van der Waals surface area contributed by atoms with Gasteiger partial charge in [-0.1, -0.05) is 11.6 Å². The standard InChI is InChI=1S/C16H21ClN2O3/c1-16(2,3)22-15(21)19-8-6-11(7-9-19)14(20)12-4-5-13(17)18-10-12/h4-5,10-11H,6-9H2,1-3H3. The summed E-state index contributed by atoms with van der Waals surface area (Å²) < 4.78 is 5.35. The summed E-state index contributed by atoms with van der Waals surface area (Å²) in [7, 11) is 0. The largest absolute Gasteiger partial charge is 0.444 e. The lowest BCUT2D eigenvalue weighted by molar-refractivity contribution is 0.0182. The van der Waals surface area contributed by atoms with E-state index in [1.54, 1.807) is 17.0 Å². The molecule has 2 heterocycles. The molecule has 1 aliphatic rings. The Kier molecular flexibility index (Phi) is 5.06. The highest BCUT2D eigenvalue weighted by Crippen LogP contribution is 2.23. The number of Topliss-reactive ketones (excluding diaryl/α,β-unsaturated/α-hetero) is 1. The van der Waals surface area contributed by atoms with Gasteiger partial charge in [0.1, 0.15) is 10.8 Å². The molecule has 0 radical (unpaired) electrons. The van der Waals surface area contributed by atoms with Crippen LogP contribution in [0.3, 0.4) is 0 Å². The number of nitrogens with zero attached hydrogens (tertiary/aromatic N) is 2. The van der Waals surface area contributed by atoms with E-state index in [-0.39, 0.29) is 17.8 Å². The molecule has 0 saturated carbocycles. The van der Waals surface area contributed by atoms with E-state index in [4.69, 9.17) is 16.3 Å². The summed E-state index contributed by atoms with van der Waals surface area (Å²) in [6, 6.07) is 3.31. The quantitative estimate of drug-likeness (QED) is 0.616. The van der Waals surface area contributed by atoms with E-state index < -0.39 is 5.60 Å². The van der Waals surface area contributed by atoms with E-state index >= 15 is 0 Å². The van der Waals surface area contributed by atoms with Crippen molar-refractivity contribution in [1.29, 1.82) is 0 Å². The number of pyridine rings is 1. The fourth-order valence-electron chi connectivity index (χ4n) is 2.41. The third-order valence-corrected chi connectivity index (χ3v) is 3.75. The fraction of sp³-hybridized carbons (Fsp3) is 0.562. The lowest BCUT2D eigenvalue weighted by Gasteiger charge is -2.32. The highest BCUT2D eigenvalue weighted by molar-refractivity contribution is 6.29. The van der Waals surface area contributed by atoms with Crippen LogP contribution in [0, 0.1) is 5.92 Å². The summed E-state index contributed by atoms with van der Waals surface area (Å²) in [6.07, 6.45) is 2.47. The molecular weight excluding hydrogens is 304 g/mol. The van der Waals surface area contributed by atoms with Crippen LogP contribution in [-0.2, 0) is 4.74 Å². The highest BCUT2D eigenvalue weighted by atomic mass is 35.5. The van der Waals surface area contributed by atoms with Crippen LogP contribution in [0.15, 0.2) is 18.3 Å². The number of ketones is 1. The van der Waals surface area contributed by atoms with Crippen molar-refractivity contribution in [3.8, 4) is 0 Å². The Balaban J connectivity index is 1.90. The zero-order chi connectivity index (χ0) is 16.3. The first-order chi connectivity index (χ1) is 10.3. The van der Waals surface area contributed by atoms with Crippen LogP contribution in [0.1, 0.15) is 44.0 Å². The maximum atomic E-state index is 12.4. The first kappa shape index (κ1) is 16.7.